The van der Waals surface area contributed by atoms with E-state index in [0.717, 1.165) is 12.1 Å². The van der Waals surface area contributed by atoms with Gasteiger partial charge < -0.3 is 15.0 Å². The van der Waals surface area contributed by atoms with Gasteiger partial charge in [0.05, 0.1) is 30.4 Å². The molecule has 28 heavy (non-hydrogen) atoms. The topological polar surface area (TPSA) is 61.9 Å². The first kappa shape index (κ1) is 20.2. The van der Waals surface area contributed by atoms with Crippen molar-refractivity contribution in [3.63, 3.8) is 0 Å². The maximum Gasteiger partial charge on any atom is 0.416 e. The Morgan fingerprint density at radius 2 is 1.96 bits per heavy atom. The van der Waals surface area contributed by atoms with Gasteiger partial charge in [-0.15, -0.1) is 0 Å². The molecule has 9 heteroatoms. The highest BCUT2D eigenvalue weighted by atomic mass is 19.4. The molecule has 1 aromatic carbocycles. The fourth-order valence-electron chi connectivity index (χ4n) is 3.52. The molecule has 0 unspecified atom stereocenters. The van der Waals surface area contributed by atoms with Crippen LogP contribution in [0.15, 0.2) is 35.5 Å². The smallest absolute Gasteiger partial charge is 0.378 e. The first-order valence-corrected chi connectivity index (χ1v) is 9.07. The van der Waals surface area contributed by atoms with Gasteiger partial charge in [-0.2, -0.15) is 13.2 Å². The molecule has 2 aliphatic rings. The average Bonchev–Trinajstić information content (AvgIpc) is 2.67. The number of nitrogens with zero attached hydrogens (tertiary/aromatic N) is 2. The van der Waals surface area contributed by atoms with Gasteiger partial charge in [0.25, 0.3) is 5.91 Å². The summed E-state index contributed by atoms with van der Waals surface area (Å²) < 4.78 is 44.7. The van der Waals surface area contributed by atoms with Gasteiger partial charge in [-0.05, 0) is 31.5 Å². The number of nitrogens with one attached hydrogen (secondary N) is 1. The van der Waals surface area contributed by atoms with Crippen LogP contribution in [0.4, 0.5) is 18.0 Å². The Morgan fingerprint density at radius 3 is 2.57 bits per heavy atom. The fraction of sp³-hybridized carbons (Fsp3) is 0.474. The molecule has 3 amide bonds. The third kappa shape index (κ3) is 3.84. The number of morpholine rings is 1. The van der Waals surface area contributed by atoms with E-state index in [-0.39, 0.29) is 17.0 Å². The highest BCUT2D eigenvalue weighted by molar-refractivity contribution is 5.98. The van der Waals surface area contributed by atoms with E-state index in [0.29, 0.717) is 38.5 Å². The van der Waals surface area contributed by atoms with Crippen molar-refractivity contribution in [3.8, 4) is 0 Å². The highest BCUT2D eigenvalue weighted by Crippen LogP contribution is 2.35. The van der Waals surface area contributed by atoms with Crippen molar-refractivity contribution in [1.82, 2.24) is 15.1 Å². The number of urea groups is 1. The Morgan fingerprint density at radius 1 is 1.29 bits per heavy atom. The second kappa shape index (κ2) is 7.83. The minimum absolute atomic E-state index is 0.217. The molecule has 2 aliphatic heterocycles. The number of carbonyl (C=O) groups excluding carboxylic acids is 2. The van der Waals surface area contributed by atoms with E-state index in [1.807, 2.05) is 0 Å². The molecule has 0 bridgehead atoms. The summed E-state index contributed by atoms with van der Waals surface area (Å²) in [5.74, 6) is -0.304. The fourth-order valence-corrected chi connectivity index (χ4v) is 3.52. The van der Waals surface area contributed by atoms with E-state index in [4.69, 9.17) is 4.74 Å². The zero-order valence-corrected chi connectivity index (χ0v) is 15.7. The van der Waals surface area contributed by atoms with E-state index >= 15 is 0 Å². The molecule has 1 aromatic rings. The Hall–Kier alpha value is -2.55. The number of amides is 3. The molecule has 1 fully saturated rings. The van der Waals surface area contributed by atoms with Crippen LogP contribution in [0.5, 0.6) is 0 Å². The first-order chi connectivity index (χ1) is 13.2. The van der Waals surface area contributed by atoms with Crippen molar-refractivity contribution in [2.75, 3.05) is 32.8 Å². The number of halogens is 3. The molecule has 3 rings (SSSR count). The summed E-state index contributed by atoms with van der Waals surface area (Å²) in [6.07, 6.45) is -4.52. The summed E-state index contributed by atoms with van der Waals surface area (Å²) in [6.45, 7) is 5.34. The van der Waals surface area contributed by atoms with E-state index in [2.05, 4.69) is 5.32 Å². The van der Waals surface area contributed by atoms with Crippen LogP contribution in [-0.4, -0.2) is 54.6 Å². The quantitative estimate of drug-likeness (QED) is 0.853. The SMILES string of the molecule is CCN1C(=O)N[C@@H](c2cccc(C(F)(F)F)c2)C(C(=O)N2CCOCC2)=C1C. The van der Waals surface area contributed by atoms with Gasteiger partial charge >= 0.3 is 12.2 Å². The van der Waals surface area contributed by atoms with E-state index in [1.54, 1.807) is 18.7 Å². The van der Waals surface area contributed by atoms with Gasteiger partial charge in [-0.3, -0.25) is 9.69 Å². The molecule has 0 saturated carbocycles. The summed E-state index contributed by atoms with van der Waals surface area (Å²) in [6, 6.07) is 3.32. The van der Waals surface area contributed by atoms with E-state index in [9.17, 15) is 22.8 Å². The Bertz CT molecular complexity index is 801. The first-order valence-electron chi connectivity index (χ1n) is 9.07. The molecule has 152 valence electrons. The Labute approximate surface area is 160 Å². The standard InChI is InChI=1S/C19H22F3N3O3/c1-3-25-12(2)15(17(26)24-7-9-28-10-8-24)16(23-18(25)27)13-5-4-6-14(11-13)19(20,21)22/h4-6,11,16H,3,7-10H2,1-2H3,(H,23,27)/t16-/m0/s1. The number of ether oxygens (including phenoxy) is 1. The molecule has 1 atom stereocenters. The summed E-state index contributed by atoms with van der Waals surface area (Å²) in [5.41, 5.74) is 0.121. The van der Waals surface area contributed by atoms with Crippen LogP contribution in [0.25, 0.3) is 0 Å². The molecule has 0 aliphatic carbocycles. The lowest BCUT2D eigenvalue weighted by molar-refractivity contribution is -0.137. The number of hydrogen-bond acceptors (Lipinski definition) is 3. The lowest BCUT2D eigenvalue weighted by Crippen LogP contribution is -2.51. The maximum absolute atomic E-state index is 13.2. The second-order valence-corrected chi connectivity index (χ2v) is 6.65. The molecule has 1 N–H and O–H groups in total. The number of alkyl halides is 3. The van der Waals surface area contributed by atoms with E-state index < -0.39 is 23.8 Å². The van der Waals surface area contributed by atoms with Gasteiger partial charge in [-0.1, -0.05) is 12.1 Å². The number of hydrogen-bond donors (Lipinski definition) is 1. The highest BCUT2D eigenvalue weighted by Gasteiger charge is 2.38. The van der Waals surface area contributed by atoms with Crippen molar-refractivity contribution in [1.29, 1.82) is 0 Å². The van der Waals surface area contributed by atoms with Crippen LogP contribution < -0.4 is 5.32 Å². The van der Waals surface area contributed by atoms with Gasteiger partial charge in [0, 0.05) is 25.3 Å². The third-order valence-corrected chi connectivity index (χ3v) is 4.99. The van der Waals surface area contributed by atoms with Crippen LogP contribution in [0.3, 0.4) is 0 Å². The van der Waals surface area contributed by atoms with Crippen LogP contribution in [0, 0.1) is 0 Å². The van der Waals surface area contributed by atoms with Crippen LogP contribution >= 0.6 is 0 Å². The van der Waals surface area contributed by atoms with E-state index in [1.165, 1.54) is 17.0 Å². The molecular formula is C19H22F3N3O3. The molecule has 0 radical (unpaired) electrons. The summed E-state index contributed by atoms with van der Waals surface area (Å²) in [7, 11) is 0. The Kier molecular flexibility index (Phi) is 5.64. The van der Waals surface area contributed by atoms with Crippen molar-refractivity contribution < 1.29 is 27.5 Å². The average molecular weight is 397 g/mol. The van der Waals surface area contributed by atoms with Crippen molar-refractivity contribution >= 4 is 11.9 Å². The van der Waals surface area contributed by atoms with Gasteiger partial charge in [0.2, 0.25) is 0 Å². The summed E-state index contributed by atoms with van der Waals surface area (Å²) >= 11 is 0. The summed E-state index contributed by atoms with van der Waals surface area (Å²) in [4.78, 5) is 28.7. The molecule has 1 saturated heterocycles. The van der Waals surface area contributed by atoms with Crippen LogP contribution in [0.2, 0.25) is 0 Å². The van der Waals surface area contributed by atoms with Crippen LogP contribution in [-0.2, 0) is 15.7 Å². The largest absolute Gasteiger partial charge is 0.416 e. The molecule has 6 nitrogen and oxygen atoms in total. The monoisotopic (exact) mass is 397 g/mol. The molecule has 0 aromatic heterocycles. The van der Waals surface area contributed by atoms with Gasteiger partial charge in [0.1, 0.15) is 0 Å². The zero-order chi connectivity index (χ0) is 20.5. The Balaban J connectivity index is 2.06. The second-order valence-electron chi connectivity index (χ2n) is 6.65. The normalized spacial score (nSPS) is 21.0. The van der Waals surface area contributed by atoms with Crippen molar-refractivity contribution in [2.24, 2.45) is 0 Å². The number of benzene rings is 1. The third-order valence-electron chi connectivity index (χ3n) is 4.99. The minimum Gasteiger partial charge on any atom is -0.378 e. The number of allylic oxidation sites excluding steroid dienone is 1. The predicted octanol–water partition coefficient (Wildman–Crippen LogP) is 2.92. The minimum atomic E-state index is -4.52. The number of carbonyl (C=O) groups is 2. The lowest BCUT2D eigenvalue weighted by atomic mass is 9.92. The molecule has 2 heterocycles. The zero-order valence-electron chi connectivity index (χ0n) is 15.7. The molecular weight excluding hydrogens is 375 g/mol. The van der Waals surface area contributed by atoms with Crippen molar-refractivity contribution in [2.45, 2.75) is 26.1 Å². The lowest BCUT2D eigenvalue weighted by Gasteiger charge is -2.38. The maximum atomic E-state index is 13.2. The van der Waals surface area contributed by atoms with Gasteiger partial charge in [0.15, 0.2) is 0 Å². The predicted molar refractivity (Wildman–Crippen MR) is 95.2 cm³/mol. The van der Waals surface area contributed by atoms with Crippen LogP contribution in [0.1, 0.15) is 31.0 Å². The van der Waals surface area contributed by atoms with Gasteiger partial charge in [-0.25, -0.2) is 4.79 Å². The van der Waals surface area contributed by atoms with Crippen molar-refractivity contribution in [3.05, 3.63) is 46.7 Å². The summed E-state index contributed by atoms with van der Waals surface area (Å²) in [5, 5.41) is 2.70. The number of rotatable bonds is 3. The molecule has 0 spiro atoms.